The number of aromatic nitrogens is 3. The quantitative estimate of drug-likeness (QED) is 0.729. The molecule has 0 saturated heterocycles. The Morgan fingerprint density at radius 1 is 1.28 bits per heavy atom. The molecule has 1 N–H and O–H groups in total. The van der Waals surface area contributed by atoms with E-state index in [1.54, 1.807) is 24.5 Å². The summed E-state index contributed by atoms with van der Waals surface area (Å²) in [5.41, 5.74) is 1.66. The summed E-state index contributed by atoms with van der Waals surface area (Å²) in [5, 5.41) is 7.46. The fourth-order valence-corrected chi connectivity index (χ4v) is 2.71. The molecule has 1 amide bonds. The van der Waals surface area contributed by atoms with E-state index in [-0.39, 0.29) is 18.4 Å². The lowest BCUT2D eigenvalue weighted by atomic mass is 10.1. The third-order valence-corrected chi connectivity index (χ3v) is 4.05. The van der Waals surface area contributed by atoms with Crippen LogP contribution in [0.5, 0.6) is 0 Å². The van der Waals surface area contributed by atoms with Gasteiger partial charge in [-0.05, 0) is 30.7 Å². The average molecular weight is 357 g/mol. The highest BCUT2D eigenvalue weighted by Gasteiger charge is 2.14. The van der Waals surface area contributed by atoms with Crippen LogP contribution in [-0.4, -0.2) is 21.0 Å². The molecule has 1 unspecified atom stereocenters. The van der Waals surface area contributed by atoms with Gasteiger partial charge in [-0.15, -0.1) is 0 Å². The summed E-state index contributed by atoms with van der Waals surface area (Å²) in [6, 6.07) is 10.9. The van der Waals surface area contributed by atoms with Crippen molar-refractivity contribution in [1.82, 2.24) is 20.4 Å². The second-order valence-electron chi connectivity index (χ2n) is 5.56. The number of hydrogen-bond donors (Lipinski definition) is 1. The molecule has 3 aromatic rings. The number of nitrogens with one attached hydrogen (secondary N) is 1. The smallest absolute Gasteiger partial charge is 0.227 e. The van der Waals surface area contributed by atoms with Gasteiger partial charge < -0.3 is 9.84 Å². The molecule has 1 atom stereocenters. The zero-order valence-electron chi connectivity index (χ0n) is 13.6. The first-order valence-electron chi connectivity index (χ1n) is 7.90. The number of benzene rings is 1. The molecule has 6 nitrogen and oxygen atoms in total. The summed E-state index contributed by atoms with van der Waals surface area (Å²) >= 11 is 6.15. The van der Waals surface area contributed by atoms with Crippen LogP contribution in [0.25, 0.3) is 11.4 Å². The van der Waals surface area contributed by atoms with Crippen molar-refractivity contribution >= 4 is 17.5 Å². The van der Waals surface area contributed by atoms with Gasteiger partial charge in [0.25, 0.3) is 0 Å². The maximum atomic E-state index is 12.1. The van der Waals surface area contributed by atoms with Gasteiger partial charge in [-0.25, -0.2) is 0 Å². The van der Waals surface area contributed by atoms with E-state index in [9.17, 15) is 4.79 Å². The number of pyridine rings is 1. The van der Waals surface area contributed by atoms with Crippen LogP contribution in [0.4, 0.5) is 0 Å². The Kier molecular flexibility index (Phi) is 5.40. The number of nitrogens with zero attached hydrogens (tertiary/aromatic N) is 3. The first kappa shape index (κ1) is 17.1. The lowest BCUT2D eigenvalue weighted by Gasteiger charge is -2.15. The van der Waals surface area contributed by atoms with Crippen molar-refractivity contribution in [2.75, 3.05) is 0 Å². The van der Waals surface area contributed by atoms with Crippen molar-refractivity contribution in [3.05, 3.63) is 65.3 Å². The number of carbonyl (C=O) groups excluding carboxylic acids is 1. The van der Waals surface area contributed by atoms with E-state index in [1.807, 2.05) is 31.2 Å². The highest BCUT2D eigenvalue weighted by molar-refractivity contribution is 6.31. The van der Waals surface area contributed by atoms with E-state index in [1.165, 1.54) is 0 Å². The van der Waals surface area contributed by atoms with Crippen LogP contribution in [0.15, 0.2) is 53.3 Å². The SMILES string of the molecule is CC(NC(=O)CCc1nc(-c2cccnc2)no1)c1ccccc1Cl. The van der Waals surface area contributed by atoms with Crippen molar-refractivity contribution in [3.8, 4) is 11.4 Å². The van der Waals surface area contributed by atoms with Gasteiger partial charge in [0.2, 0.25) is 17.6 Å². The van der Waals surface area contributed by atoms with Crippen LogP contribution in [0, 0.1) is 0 Å². The lowest BCUT2D eigenvalue weighted by molar-refractivity contribution is -0.121. The molecule has 0 aliphatic rings. The van der Waals surface area contributed by atoms with Crippen LogP contribution >= 0.6 is 11.6 Å². The molecule has 25 heavy (non-hydrogen) atoms. The molecular formula is C18H17ClN4O2. The van der Waals surface area contributed by atoms with Gasteiger partial charge in [-0.1, -0.05) is 35.0 Å². The first-order valence-corrected chi connectivity index (χ1v) is 8.28. The van der Waals surface area contributed by atoms with Gasteiger partial charge in [0, 0.05) is 35.8 Å². The molecule has 0 aliphatic carbocycles. The Bertz CT molecular complexity index is 851. The highest BCUT2D eigenvalue weighted by Crippen LogP contribution is 2.22. The molecule has 0 saturated carbocycles. The Balaban J connectivity index is 1.54. The summed E-state index contributed by atoms with van der Waals surface area (Å²) in [7, 11) is 0. The number of amides is 1. The van der Waals surface area contributed by atoms with Crippen LogP contribution in [0.2, 0.25) is 5.02 Å². The zero-order chi connectivity index (χ0) is 17.6. The van der Waals surface area contributed by atoms with Crippen molar-refractivity contribution in [3.63, 3.8) is 0 Å². The summed E-state index contributed by atoms with van der Waals surface area (Å²) in [4.78, 5) is 20.4. The van der Waals surface area contributed by atoms with E-state index in [0.29, 0.717) is 23.2 Å². The van der Waals surface area contributed by atoms with Crippen molar-refractivity contribution in [2.45, 2.75) is 25.8 Å². The number of rotatable bonds is 6. The van der Waals surface area contributed by atoms with Crippen LogP contribution in [0.3, 0.4) is 0 Å². The molecule has 1 aromatic carbocycles. The molecule has 0 spiro atoms. The summed E-state index contributed by atoms with van der Waals surface area (Å²) < 4.78 is 5.19. The second-order valence-corrected chi connectivity index (χ2v) is 5.97. The predicted molar refractivity (Wildman–Crippen MR) is 93.9 cm³/mol. The second kappa shape index (κ2) is 7.90. The molecular weight excluding hydrogens is 340 g/mol. The van der Waals surface area contributed by atoms with Crippen molar-refractivity contribution < 1.29 is 9.32 Å². The van der Waals surface area contributed by atoms with Gasteiger partial charge in [0.1, 0.15) is 0 Å². The highest BCUT2D eigenvalue weighted by atomic mass is 35.5. The van der Waals surface area contributed by atoms with E-state index in [4.69, 9.17) is 16.1 Å². The fourth-order valence-electron chi connectivity index (χ4n) is 2.41. The van der Waals surface area contributed by atoms with Crippen LogP contribution < -0.4 is 5.32 Å². The van der Waals surface area contributed by atoms with Crippen molar-refractivity contribution in [1.29, 1.82) is 0 Å². The van der Waals surface area contributed by atoms with Crippen LogP contribution in [0.1, 0.15) is 30.8 Å². The Hall–Kier alpha value is -2.73. The standard InChI is InChI=1S/C18H17ClN4O2/c1-12(14-6-2-3-7-15(14)19)21-16(24)8-9-17-22-18(23-25-17)13-5-4-10-20-11-13/h2-7,10-12H,8-9H2,1H3,(H,21,24). The maximum Gasteiger partial charge on any atom is 0.227 e. The van der Waals surface area contributed by atoms with E-state index >= 15 is 0 Å². The normalized spacial score (nSPS) is 11.9. The molecule has 0 fully saturated rings. The number of carbonyl (C=O) groups is 1. The summed E-state index contributed by atoms with van der Waals surface area (Å²) in [6.07, 6.45) is 3.96. The Morgan fingerprint density at radius 3 is 2.88 bits per heavy atom. The largest absolute Gasteiger partial charge is 0.350 e. The number of aryl methyl sites for hydroxylation is 1. The molecule has 0 radical (unpaired) electrons. The molecule has 0 aliphatic heterocycles. The number of halogens is 1. The minimum Gasteiger partial charge on any atom is -0.350 e. The van der Waals surface area contributed by atoms with E-state index < -0.39 is 0 Å². The summed E-state index contributed by atoms with van der Waals surface area (Å²) in [6.45, 7) is 1.90. The van der Waals surface area contributed by atoms with Gasteiger partial charge in [-0.2, -0.15) is 4.98 Å². The summed E-state index contributed by atoms with van der Waals surface area (Å²) in [5.74, 6) is 0.779. The molecule has 3 rings (SSSR count). The van der Waals surface area contributed by atoms with Gasteiger partial charge >= 0.3 is 0 Å². The Labute approximate surface area is 150 Å². The molecule has 7 heteroatoms. The predicted octanol–water partition coefficient (Wildman–Crippen LogP) is 3.60. The number of hydrogen-bond acceptors (Lipinski definition) is 5. The Morgan fingerprint density at radius 2 is 2.12 bits per heavy atom. The monoisotopic (exact) mass is 356 g/mol. The van der Waals surface area contributed by atoms with Gasteiger partial charge in [0.05, 0.1) is 6.04 Å². The van der Waals surface area contributed by atoms with Crippen LogP contribution in [-0.2, 0) is 11.2 Å². The molecule has 2 aromatic heterocycles. The minimum atomic E-state index is -0.171. The van der Waals surface area contributed by atoms with Crippen molar-refractivity contribution in [2.24, 2.45) is 0 Å². The molecule has 2 heterocycles. The zero-order valence-corrected chi connectivity index (χ0v) is 14.4. The average Bonchev–Trinajstić information content (AvgIpc) is 3.10. The van der Waals surface area contributed by atoms with E-state index in [0.717, 1.165) is 11.1 Å². The van der Waals surface area contributed by atoms with Gasteiger partial charge in [-0.3, -0.25) is 9.78 Å². The third-order valence-electron chi connectivity index (χ3n) is 3.70. The first-order chi connectivity index (χ1) is 12.1. The molecule has 128 valence electrons. The maximum absolute atomic E-state index is 12.1. The topological polar surface area (TPSA) is 80.9 Å². The third kappa shape index (κ3) is 4.42. The van der Waals surface area contributed by atoms with E-state index in [2.05, 4.69) is 20.4 Å². The fraction of sp³-hybridized carbons (Fsp3) is 0.222. The lowest BCUT2D eigenvalue weighted by Crippen LogP contribution is -2.27. The van der Waals surface area contributed by atoms with Gasteiger partial charge in [0.15, 0.2) is 0 Å². The minimum absolute atomic E-state index is 0.103. The molecule has 0 bridgehead atoms.